The standard InChI is InChI=1S/C13H25N3O/c1-3-4-11-17-12-5-8-14-9-6-13-7-10-15-16(13)2/h7,10,14H,3-6,8-9,11-12H2,1-2H3. The molecule has 1 aromatic rings. The average molecular weight is 239 g/mol. The predicted octanol–water partition coefficient (Wildman–Crippen LogP) is 1.76. The smallest absolute Gasteiger partial charge is 0.0492 e. The Morgan fingerprint density at radius 1 is 1.29 bits per heavy atom. The zero-order valence-electron chi connectivity index (χ0n) is 11.1. The first-order valence-corrected chi connectivity index (χ1v) is 6.60. The highest BCUT2D eigenvalue weighted by Gasteiger charge is 1.97. The number of rotatable bonds is 10. The van der Waals surface area contributed by atoms with Crippen LogP contribution in [0.4, 0.5) is 0 Å². The van der Waals surface area contributed by atoms with E-state index in [1.165, 1.54) is 18.5 Å². The van der Waals surface area contributed by atoms with Gasteiger partial charge in [-0.25, -0.2) is 0 Å². The minimum absolute atomic E-state index is 0.874. The van der Waals surface area contributed by atoms with Gasteiger partial charge in [0.15, 0.2) is 0 Å². The molecule has 0 radical (unpaired) electrons. The lowest BCUT2D eigenvalue weighted by Gasteiger charge is -2.06. The van der Waals surface area contributed by atoms with Crippen molar-refractivity contribution in [1.29, 1.82) is 0 Å². The van der Waals surface area contributed by atoms with E-state index in [0.717, 1.165) is 39.1 Å². The summed E-state index contributed by atoms with van der Waals surface area (Å²) in [5.74, 6) is 0. The van der Waals surface area contributed by atoms with E-state index in [1.54, 1.807) is 0 Å². The first-order valence-electron chi connectivity index (χ1n) is 6.60. The molecule has 0 saturated carbocycles. The van der Waals surface area contributed by atoms with Crippen LogP contribution in [0.2, 0.25) is 0 Å². The lowest BCUT2D eigenvalue weighted by atomic mass is 10.3. The molecule has 4 nitrogen and oxygen atoms in total. The Kier molecular flexibility index (Phi) is 7.67. The molecular formula is C13H25N3O. The molecule has 17 heavy (non-hydrogen) atoms. The monoisotopic (exact) mass is 239 g/mol. The van der Waals surface area contributed by atoms with Crippen LogP contribution in [0.15, 0.2) is 12.3 Å². The zero-order valence-corrected chi connectivity index (χ0v) is 11.1. The highest BCUT2D eigenvalue weighted by molar-refractivity contribution is 5.00. The minimum Gasteiger partial charge on any atom is -0.381 e. The number of aryl methyl sites for hydroxylation is 1. The van der Waals surface area contributed by atoms with Crippen molar-refractivity contribution in [2.45, 2.75) is 32.6 Å². The van der Waals surface area contributed by atoms with Gasteiger partial charge in [0.05, 0.1) is 0 Å². The normalized spacial score (nSPS) is 10.9. The van der Waals surface area contributed by atoms with Crippen molar-refractivity contribution in [2.24, 2.45) is 7.05 Å². The van der Waals surface area contributed by atoms with Crippen molar-refractivity contribution in [3.8, 4) is 0 Å². The summed E-state index contributed by atoms with van der Waals surface area (Å²) in [6.07, 6.45) is 6.36. The van der Waals surface area contributed by atoms with Crippen LogP contribution >= 0.6 is 0 Å². The van der Waals surface area contributed by atoms with Crippen LogP contribution in [-0.2, 0) is 18.2 Å². The fourth-order valence-electron chi connectivity index (χ4n) is 1.64. The molecule has 0 saturated heterocycles. The van der Waals surface area contributed by atoms with Gasteiger partial charge in [-0.15, -0.1) is 0 Å². The SMILES string of the molecule is CCCCOCCCNCCc1ccnn1C. The van der Waals surface area contributed by atoms with Gasteiger partial charge in [-0.05, 0) is 25.5 Å². The summed E-state index contributed by atoms with van der Waals surface area (Å²) >= 11 is 0. The summed E-state index contributed by atoms with van der Waals surface area (Å²) in [6.45, 7) is 6.01. The van der Waals surface area contributed by atoms with Crippen LogP contribution in [0.5, 0.6) is 0 Å². The van der Waals surface area contributed by atoms with E-state index in [0.29, 0.717) is 0 Å². The van der Waals surface area contributed by atoms with E-state index in [1.807, 2.05) is 17.9 Å². The Labute approximate surface area is 104 Å². The Balaban J connectivity index is 1.86. The Morgan fingerprint density at radius 3 is 2.82 bits per heavy atom. The van der Waals surface area contributed by atoms with Crippen LogP contribution in [-0.4, -0.2) is 36.1 Å². The highest BCUT2D eigenvalue weighted by atomic mass is 16.5. The number of nitrogens with zero attached hydrogens (tertiary/aromatic N) is 2. The second-order valence-electron chi connectivity index (χ2n) is 4.27. The van der Waals surface area contributed by atoms with Gasteiger partial charge in [-0.1, -0.05) is 13.3 Å². The van der Waals surface area contributed by atoms with Crippen molar-refractivity contribution in [2.75, 3.05) is 26.3 Å². The van der Waals surface area contributed by atoms with Gasteiger partial charge >= 0.3 is 0 Å². The molecule has 0 bridgehead atoms. The average Bonchev–Trinajstić information content (AvgIpc) is 2.73. The summed E-state index contributed by atoms with van der Waals surface area (Å²) < 4.78 is 7.42. The molecule has 0 aromatic carbocycles. The zero-order chi connectivity index (χ0) is 12.3. The summed E-state index contributed by atoms with van der Waals surface area (Å²) in [5.41, 5.74) is 1.27. The second-order valence-corrected chi connectivity index (χ2v) is 4.27. The Morgan fingerprint density at radius 2 is 2.12 bits per heavy atom. The van der Waals surface area contributed by atoms with Crippen LogP contribution in [0.1, 0.15) is 31.9 Å². The second kappa shape index (κ2) is 9.19. The maximum atomic E-state index is 5.49. The van der Waals surface area contributed by atoms with Crippen LogP contribution < -0.4 is 5.32 Å². The third kappa shape index (κ3) is 6.44. The Bertz CT molecular complexity index is 286. The topological polar surface area (TPSA) is 39.1 Å². The molecular weight excluding hydrogens is 214 g/mol. The molecule has 0 atom stereocenters. The number of unbranched alkanes of at least 4 members (excludes halogenated alkanes) is 1. The van der Waals surface area contributed by atoms with E-state index in [9.17, 15) is 0 Å². The lowest BCUT2D eigenvalue weighted by molar-refractivity contribution is 0.129. The highest BCUT2D eigenvalue weighted by Crippen LogP contribution is 1.96. The van der Waals surface area contributed by atoms with E-state index in [2.05, 4.69) is 23.4 Å². The molecule has 0 aliphatic heterocycles. The van der Waals surface area contributed by atoms with Crippen molar-refractivity contribution in [3.05, 3.63) is 18.0 Å². The lowest BCUT2D eigenvalue weighted by Crippen LogP contribution is -2.20. The number of aromatic nitrogens is 2. The molecule has 0 aliphatic rings. The van der Waals surface area contributed by atoms with Gasteiger partial charge in [-0.3, -0.25) is 4.68 Å². The van der Waals surface area contributed by atoms with Crippen LogP contribution in [0.3, 0.4) is 0 Å². The molecule has 0 amide bonds. The van der Waals surface area contributed by atoms with Crippen molar-refractivity contribution in [3.63, 3.8) is 0 Å². The van der Waals surface area contributed by atoms with E-state index in [4.69, 9.17) is 4.74 Å². The van der Waals surface area contributed by atoms with Crippen molar-refractivity contribution < 1.29 is 4.74 Å². The van der Waals surface area contributed by atoms with Crippen LogP contribution in [0.25, 0.3) is 0 Å². The van der Waals surface area contributed by atoms with Crippen molar-refractivity contribution in [1.82, 2.24) is 15.1 Å². The number of nitrogens with one attached hydrogen (secondary N) is 1. The molecule has 0 fully saturated rings. The van der Waals surface area contributed by atoms with Gasteiger partial charge in [0.1, 0.15) is 0 Å². The molecule has 0 spiro atoms. The third-order valence-corrected chi connectivity index (χ3v) is 2.76. The molecule has 1 heterocycles. The van der Waals surface area contributed by atoms with E-state index >= 15 is 0 Å². The molecule has 0 unspecified atom stereocenters. The number of hydrogen-bond acceptors (Lipinski definition) is 3. The maximum Gasteiger partial charge on any atom is 0.0492 e. The molecule has 1 aromatic heterocycles. The largest absolute Gasteiger partial charge is 0.381 e. The fourth-order valence-corrected chi connectivity index (χ4v) is 1.64. The fraction of sp³-hybridized carbons (Fsp3) is 0.769. The first kappa shape index (κ1) is 14.2. The molecule has 98 valence electrons. The number of hydrogen-bond donors (Lipinski definition) is 1. The van der Waals surface area contributed by atoms with Gasteiger partial charge in [-0.2, -0.15) is 5.10 Å². The maximum absolute atomic E-state index is 5.49. The summed E-state index contributed by atoms with van der Waals surface area (Å²) in [6, 6.07) is 2.07. The van der Waals surface area contributed by atoms with E-state index in [-0.39, 0.29) is 0 Å². The molecule has 0 aliphatic carbocycles. The van der Waals surface area contributed by atoms with Crippen molar-refractivity contribution >= 4 is 0 Å². The molecule has 4 heteroatoms. The molecule has 1 rings (SSSR count). The Hall–Kier alpha value is -0.870. The predicted molar refractivity (Wildman–Crippen MR) is 70.1 cm³/mol. The summed E-state index contributed by atoms with van der Waals surface area (Å²) in [7, 11) is 1.98. The third-order valence-electron chi connectivity index (χ3n) is 2.76. The van der Waals surface area contributed by atoms with Gasteiger partial charge < -0.3 is 10.1 Å². The number of ether oxygens (including phenoxy) is 1. The summed E-state index contributed by atoms with van der Waals surface area (Å²) in [4.78, 5) is 0. The summed E-state index contributed by atoms with van der Waals surface area (Å²) in [5, 5.41) is 7.56. The quantitative estimate of drug-likeness (QED) is 0.632. The van der Waals surface area contributed by atoms with Gasteiger partial charge in [0.2, 0.25) is 0 Å². The minimum atomic E-state index is 0.874. The first-order chi connectivity index (χ1) is 8.34. The molecule has 1 N–H and O–H groups in total. The van der Waals surface area contributed by atoms with Crippen LogP contribution in [0, 0.1) is 0 Å². The van der Waals surface area contributed by atoms with Gasteiger partial charge in [0, 0.05) is 45.1 Å². The van der Waals surface area contributed by atoms with E-state index < -0.39 is 0 Å². The van der Waals surface area contributed by atoms with Gasteiger partial charge in [0.25, 0.3) is 0 Å².